The van der Waals surface area contributed by atoms with Gasteiger partial charge in [-0.25, -0.2) is 8.42 Å². The minimum atomic E-state index is -4.13. The van der Waals surface area contributed by atoms with Gasteiger partial charge in [-0.1, -0.05) is 73.0 Å². The van der Waals surface area contributed by atoms with Gasteiger partial charge in [-0.05, 0) is 68.1 Å². The van der Waals surface area contributed by atoms with Crippen molar-refractivity contribution in [1.29, 1.82) is 0 Å². The molecule has 0 radical (unpaired) electrons. The quantitative estimate of drug-likeness (QED) is 0.359. The highest BCUT2D eigenvalue weighted by atomic mass is 35.5. The first kappa shape index (κ1) is 28.6. The van der Waals surface area contributed by atoms with E-state index in [2.05, 4.69) is 5.32 Å². The molecule has 1 atom stereocenters. The third-order valence-electron chi connectivity index (χ3n) is 7.13. The summed E-state index contributed by atoms with van der Waals surface area (Å²) in [7, 11) is -4.13. The molecule has 3 aromatic carbocycles. The molecule has 0 unspecified atom stereocenters. The number of carbonyl (C=O) groups is 2. The van der Waals surface area contributed by atoms with Crippen LogP contribution in [0.5, 0.6) is 0 Å². The molecular weight excluding hydrogens is 534 g/mol. The van der Waals surface area contributed by atoms with Crippen molar-refractivity contribution in [3.8, 4) is 0 Å². The van der Waals surface area contributed by atoms with E-state index in [4.69, 9.17) is 11.6 Å². The molecule has 2 amide bonds. The zero-order chi connectivity index (χ0) is 28.0. The number of nitrogens with one attached hydrogen (secondary N) is 1. The molecule has 1 aliphatic carbocycles. The van der Waals surface area contributed by atoms with Crippen molar-refractivity contribution in [2.24, 2.45) is 0 Å². The molecule has 39 heavy (non-hydrogen) atoms. The zero-order valence-corrected chi connectivity index (χ0v) is 23.8. The highest BCUT2D eigenvalue weighted by Crippen LogP contribution is 2.28. The average molecular weight is 568 g/mol. The van der Waals surface area contributed by atoms with Crippen molar-refractivity contribution < 1.29 is 18.0 Å². The molecule has 0 heterocycles. The first-order valence-corrected chi connectivity index (χ1v) is 15.0. The SMILES string of the molecule is Cc1ccccc1N(CC(=O)N(Cc1ccccc1)[C@H](C)C(=O)NC1CCCC1)S(=O)(=O)c1ccc(Cl)cc1. The predicted molar refractivity (Wildman–Crippen MR) is 154 cm³/mol. The summed E-state index contributed by atoms with van der Waals surface area (Å²) >= 11 is 6.00. The van der Waals surface area contributed by atoms with Gasteiger partial charge in [0.25, 0.3) is 10.0 Å². The molecule has 1 fully saturated rings. The lowest BCUT2D eigenvalue weighted by molar-refractivity contribution is -0.139. The van der Waals surface area contributed by atoms with Crippen molar-refractivity contribution in [3.05, 3.63) is 95.0 Å². The maximum Gasteiger partial charge on any atom is 0.264 e. The maximum atomic E-state index is 14.0. The monoisotopic (exact) mass is 567 g/mol. The molecule has 206 valence electrons. The zero-order valence-electron chi connectivity index (χ0n) is 22.2. The number of halogens is 1. The van der Waals surface area contributed by atoms with Crippen molar-refractivity contribution in [3.63, 3.8) is 0 Å². The number of sulfonamides is 1. The second kappa shape index (κ2) is 12.7. The number of carbonyl (C=O) groups excluding carboxylic acids is 2. The molecule has 1 N–H and O–H groups in total. The number of anilines is 1. The molecule has 0 bridgehead atoms. The van der Waals surface area contributed by atoms with Gasteiger partial charge >= 0.3 is 0 Å². The summed E-state index contributed by atoms with van der Waals surface area (Å²) in [5.74, 6) is -0.720. The van der Waals surface area contributed by atoms with Gasteiger partial charge < -0.3 is 10.2 Å². The number of rotatable bonds is 10. The number of aryl methyl sites for hydroxylation is 1. The van der Waals surface area contributed by atoms with E-state index in [1.807, 2.05) is 36.4 Å². The highest BCUT2D eigenvalue weighted by molar-refractivity contribution is 7.92. The molecule has 1 saturated carbocycles. The summed E-state index contributed by atoms with van der Waals surface area (Å²) in [6.07, 6.45) is 3.98. The number of para-hydroxylation sites is 1. The maximum absolute atomic E-state index is 14.0. The molecule has 9 heteroatoms. The third-order valence-corrected chi connectivity index (χ3v) is 9.16. The molecule has 0 aromatic heterocycles. The molecular formula is C30H34ClN3O4S. The second-order valence-corrected chi connectivity index (χ2v) is 12.2. The Balaban J connectivity index is 1.68. The Labute approximate surface area is 235 Å². The Bertz CT molecular complexity index is 1390. The van der Waals surface area contributed by atoms with Gasteiger partial charge in [0, 0.05) is 17.6 Å². The van der Waals surface area contributed by atoms with Gasteiger partial charge in [-0.2, -0.15) is 0 Å². The largest absolute Gasteiger partial charge is 0.352 e. The molecule has 0 aliphatic heterocycles. The van der Waals surface area contributed by atoms with Crippen molar-refractivity contribution in [2.75, 3.05) is 10.8 Å². The normalized spacial score (nSPS) is 14.5. The highest BCUT2D eigenvalue weighted by Gasteiger charge is 2.33. The number of nitrogens with zero attached hydrogens (tertiary/aromatic N) is 2. The summed E-state index contributed by atoms with van der Waals surface area (Å²) in [5.41, 5.74) is 1.93. The van der Waals surface area contributed by atoms with Crippen LogP contribution in [0.1, 0.15) is 43.7 Å². The van der Waals surface area contributed by atoms with Gasteiger partial charge in [0.2, 0.25) is 11.8 Å². The van der Waals surface area contributed by atoms with Crippen LogP contribution in [0.3, 0.4) is 0 Å². The minimum Gasteiger partial charge on any atom is -0.352 e. The van der Waals surface area contributed by atoms with E-state index in [0.717, 1.165) is 35.6 Å². The lowest BCUT2D eigenvalue weighted by Crippen LogP contribution is -2.52. The lowest BCUT2D eigenvalue weighted by atomic mass is 10.1. The van der Waals surface area contributed by atoms with Crippen LogP contribution in [0.2, 0.25) is 5.02 Å². The topological polar surface area (TPSA) is 86.8 Å². The van der Waals surface area contributed by atoms with E-state index in [0.29, 0.717) is 16.3 Å². The van der Waals surface area contributed by atoms with Gasteiger partial charge in [0.1, 0.15) is 12.6 Å². The third kappa shape index (κ3) is 6.99. The number of benzene rings is 3. The Kier molecular flexibility index (Phi) is 9.30. The number of hydrogen-bond acceptors (Lipinski definition) is 4. The molecule has 0 spiro atoms. The fourth-order valence-electron chi connectivity index (χ4n) is 4.85. The van der Waals surface area contributed by atoms with E-state index >= 15 is 0 Å². The predicted octanol–water partition coefficient (Wildman–Crippen LogP) is 5.32. The number of amides is 2. The van der Waals surface area contributed by atoms with Crippen LogP contribution < -0.4 is 9.62 Å². The van der Waals surface area contributed by atoms with Gasteiger partial charge in [-0.3, -0.25) is 13.9 Å². The minimum absolute atomic E-state index is 0.0181. The molecule has 1 aliphatic rings. The standard InChI is InChI=1S/C30H34ClN3O4S/c1-22-10-6-9-15-28(22)34(39(37,38)27-18-16-25(31)17-19-27)21-29(35)33(20-24-11-4-3-5-12-24)23(2)30(36)32-26-13-7-8-14-26/h3-6,9-12,15-19,23,26H,7-8,13-14,20-21H2,1-2H3,(H,32,36)/t23-/m1/s1. The van der Waals surface area contributed by atoms with Crippen molar-refractivity contribution in [2.45, 2.75) is 63.1 Å². The van der Waals surface area contributed by atoms with Crippen LogP contribution >= 0.6 is 11.6 Å². The first-order chi connectivity index (χ1) is 18.7. The van der Waals surface area contributed by atoms with Crippen LogP contribution in [0.25, 0.3) is 0 Å². The van der Waals surface area contributed by atoms with Gasteiger partial charge in [0.15, 0.2) is 0 Å². The fraction of sp³-hybridized carbons (Fsp3) is 0.333. The summed E-state index contributed by atoms with van der Waals surface area (Å²) in [5, 5.41) is 3.48. The van der Waals surface area contributed by atoms with E-state index < -0.39 is 28.5 Å². The summed E-state index contributed by atoms with van der Waals surface area (Å²) in [4.78, 5) is 28.7. The van der Waals surface area contributed by atoms with Crippen LogP contribution in [-0.4, -0.2) is 43.8 Å². The molecule has 0 saturated heterocycles. The Morgan fingerprint density at radius 2 is 1.56 bits per heavy atom. The van der Waals surface area contributed by atoms with Crippen LogP contribution in [0.4, 0.5) is 5.69 Å². The van der Waals surface area contributed by atoms with Crippen molar-refractivity contribution >= 4 is 39.1 Å². The Morgan fingerprint density at radius 3 is 2.21 bits per heavy atom. The molecule has 3 aromatic rings. The van der Waals surface area contributed by atoms with E-state index in [1.165, 1.54) is 29.2 Å². The van der Waals surface area contributed by atoms with Crippen LogP contribution in [0.15, 0.2) is 83.8 Å². The number of hydrogen-bond donors (Lipinski definition) is 1. The lowest BCUT2D eigenvalue weighted by Gasteiger charge is -2.33. The Hall–Kier alpha value is -3.36. The van der Waals surface area contributed by atoms with Crippen LogP contribution in [0, 0.1) is 6.92 Å². The smallest absolute Gasteiger partial charge is 0.264 e. The van der Waals surface area contributed by atoms with E-state index in [9.17, 15) is 18.0 Å². The summed E-state index contributed by atoms with van der Waals surface area (Å²) in [6, 6.07) is 21.5. The van der Waals surface area contributed by atoms with Gasteiger partial charge in [0.05, 0.1) is 10.6 Å². The van der Waals surface area contributed by atoms with E-state index in [1.54, 1.807) is 32.0 Å². The van der Waals surface area contributed by atoms with E-state index in [-0.39, 0.29) is 23.4 Å². The summed E-state index contributed by atoms with van der Waals surface area (Å²) < 4.78 is 28.9. The molecule has 4 rings (SSSR count). The first-order valence-electron chi connectivity index (χ1n) is 13.1. The van der Waals surface area contributed by atoms with Crippen molar-refractivity contribution in [1.82, 2.24) is 10.2 Å². The summed E-state index contributed by atoms with van der Waals surface area (Å²) in [6.45, 7) is 3.19. The van der Waals surface area contributed by atoms with Crippen LogP contribution in [-0.2, 0) is 26.2 Å². The molecule has 7 nitrogen and oxygen atoms in total. The average Bonchev–Trinajstić information content (AvgIpc) is 3.44. The Morgan fingerprint density at radius 1 is 0.949 bits per heavy atom. The van der Waals surface area contributed by atoms with Gasteiger partial charge in [-0.15, -0.1) is 0 Å². The second-order valence-electron chi connectivity index (χ2n) is 9.93. The fourth-order valence-corrected chi connectivity index (χ4v) is 6.45.